The largest absolute Gasteiger partial charge is 0.369 e. The predicted octanol–water partition coefficient (Wildman–Crippen LogP) is 3.68. The molecule has 1 aliphatic heterocycles. The zero-order valence-electron chi connectivity index (χ0n) is 12.5. The molecular weight excluding hydrogens is 307 g/mol. The third kappa shape index (κ3) is 3.16. The van der Waals surface area contributed by atoms with E-state index in [0.717, 1.165) is 25.2 Å². The molecule has 0 amide bonds. The van der Waals surface area contributed by atoms with Gasteiger partial charge in [-0.05, 0) is 24.6 Å². The summed E-state index contributed by atoms with van der Waals surface area (Å²) in [5.41, 5.74) is 0.920. The van der Waals surface area contributed by atoms with Crippen molar-refractivity contribution in [1.29, 1.82) is 0 Å². The normalized spacial score (nSPS) is 18.2. The summed E-state index contributed by atoms with van der Waals surface area (Å²) < 4.78 is 18.4. The fourth-order valence-electron chi connectivity index (χ4n) is 2.50. The van der Waals surface area contributed by atoms with Gasteiger partial charge in [-0.1, -0.05) is 30.6 Å². The lowest BCUT2D eigenvalue weighted by Gasteiger charge is -2.19. The van der Waals surface area contributed by atoms with Crippen LogP contribution in [-0.4, -0.2) is 29.3 Å². The Balaban J connectivity index is 1.63. The van der Waals surface area contributed by atoms with Gasteiger partial charge < -0.3 is 14.7 Å². The minimum absolute atomic E-state index is 0.146. The Labute approximate surface area is 133 Å². The van der Waals surface area contributed by atoms with Crippen molar-refractivity contribution in [3.8, 4) is 0 Å². The molecule has 118 valence electrons. The Morgan fingerprint density at radius 2 is 2.27 bits per heavy atom. The molecule has 1 aliphatic rings. The Kier molecular flexibility index (Phi) is 4.20. The standard InChI is InChI=1S/C15H18ClFN4O/c1-9(2)14-19-15(22-20-14)18-10-5-6-21(8-10)11-3-4-13(17)12(16)7-11/h3-4,7,9-10H,5-6,8H2,1-2H3,(H,18,19,20). The summed E-state index contributed by atoms with van der Waals surface area (Å²) in [5.74, 6) is 0.537. The molecule has 1 saturated heterocycles. The molecule has 1 fully saturated rings. The molecule has 22 heavy (non-hydrogen) atoms. The third-order valence-corrected chi connectivity index (χ3v) is 4.03. The van der Waals surface area contributed by atoms with Crippen LogP contribution in [0.1, 0.15) is 32.0 Å². The fourth-order valence-corrected chi connectivity index (χ4v) is 2.67. The van der Waals surface area contributed by atoms with E-state index in [-0.39, 0.29) is 17.0 Å². The second-order valence-corrected chi connectivity index (χ2v) is 6.19. The van der Waals surface area contributed by atoms with Gasteiger partial charge in [0.1, 0.15) is 5.82 Å². The van der Waals surface area contributed by atoms with E-state index in [9.17, 15) is 4.39 Å². The van der Waals surface area contributed by atoms with Crippen molar-refractivity contribution in [2.75, 3.05) is 23.3 Å². The van der Waals surface area contributed by atoms with E-state index in [4.69, 9.17) is 16.1 Å². The first kappa shape index (κ1) is 15.1. The van der Waals surface area contributed by atoms with Crippen LogP contribution in [0.2, 0.25) is 5.02 Å². The summed E-state index contributed by atoms with van der Waals surface area (Å²) in [6, 6.07) is 5.46. The van der Waals surface area contributed by atoms with E-state index in [1.807, 2.05) is 13.8 Å². The number of rotatable bonds is 4. The monoisotopic (exact) mass is 324 g/mol. The van der Waals surface area contributed by atoms with Crippen molar-refractivity contribution in [2.45, 2.75) is 32.2 Å². The average Bonchev–Trinajstić information content (AvgIpc) is 3.12. The average molecular weight is 325 g/mol. The molecule has 3 rings (SSSR count). The van der Waals surface area contributed by atoms with Crippen LogP contribution in [0.25, 0.3) is 0 Å². The Morgan fingerprint density at radius 1 is 1.45 bits per heavy atom. The number of benzene rings is 1. The number of aromatic nitrogens is 2. The van der Waals surface area contributed by atoms with Crippen LogP contribution in [0.4, 0.5) is 16.1 Å². The zero-order chi connectivity index (χ0) is 15.7. The maximum absolute atomic E-state index is 13.2. The molecule has 0 aliphatic carbocycles. The van der Waals surface area contributed by atoms with Gasteiger partial charge >= 0.3 is 6.01 Å². The van der Waals surface area contributed by atoms with Gasteiger partial charge in [0, 0.05) is 30.7 Å². The second kappa shape index (κ2) is 6.12. The molecule has 0 bridgehead atoms. The number of halogens is 2. The highest BCUT2D eigenvalue weighted by atomic mass is 35.5. The maximum Gasteiger partial charge on any atom is 0.321 e. The molecule has 2 heterocycles. The van der Waals surface area contributed by atoms with Gasteiger partial charge in [0.15, 0.2) is 5.82 Å². The first-order chi connectivity index (χ1) is 10.5. The molecule has 5 nitrogen and oxygen atoms in total. The summed E-state index contributed by atoms with van der Waals surface area (Å²) in [4.78, 5) is 6.47. The zero-order valence-corrected chi connectivity index (χ0v) is 13.3. The quantitative estimate of drug-likeness (QED) is 0.929. The fraction of sp³-hybridized carbons (Fsp3) is 0.467. The number of nitrogens with zero attached hydrogens (tertiary/aromatic N) is 3. The number of anilines is 2. The molecule has 0 radical (unpaired) electrons. The lowest BCUT2D eigenvalue weighted by Crippen LogP contribution is -2.26. The Hall–Kier alpha value is -1.82. The highest BCUT2D eigenvalue weighted by Gasteiger charge is 2.24. The van der Waals surface area contributed by atoms with Gasteiger partial charge in [-0.15, -0.1) is 0 Å². The molecule has 0 saturated carbocycles. The molecule has 1 aromatic carbocycles. The van der Waals surface area contributed by atoms with Crippen LogP contribution in [0, 0.1) is 5.82 Å². The number of hydrogen-bond donors (Lipinski definition) is 1. The summed E-state index contributed by atoms with van der Waals surface area (Å²) in [5, 5.41) is 7.33. The minimum Gasteiger partial charge on any atom is -0.369 e. The molecular formula is C15H18ClFN4O. The van der Waals surface area contributed by atoms with Crippen molar-refractivity contribution in [2.24, 2.45) is 0 Å². The van der Waals surface area contributed by atoms with Crippen molar-refractivity contribution in [3.05, 3.63) is 34.9 Å². The summed E-state index contributed by atoms with van der Waals surface area (Å²) in [6.07, 6.45) is 0.939. The van der Waals surface area contributed by atoms with Crippen LogP contribution in [-0.2, 0) is 0 Å². The van der Waals surface area contributed by atoms with Crippen LogP contribution < -0.4 is 10.2 Å². The Bertz CT molecular complexity index is 661. The molecule has 1 N–H and O–H groups in total. The lowest BCUT2D eigenvalue weighted by molar-refractivity contribution is 0.416. The first-order valence-corrected chi connectivity index (χ1v) is 7.71. The SMILES string of the molecule is CC(C)c1noc(NC2CCN(c3ccc(F)c(Cl)c3)C2)n1. The van der Waals surface area contributed by atoms with Gasteiger partial charge in [-0.25, -0.2) is 4.39 Å². The van der Waals surface area contributed by atoms with Crippen molar-refractivity contribution in [1.82, 2.24) is 10.1 Å². The van der Waals surface area contributed by atoms with Crippen LogP contribution in [0.3, 0.4) is 0 Å². The maximum atomic E-state index is 13.2. The van der Waals surface area contributed by atoms with Crippen LogP contribution >= 0.6 is 11.6 Å². The Morgan fingerprint density at radius 3 is 2.95 bits per heavy atom. The van der Waals surface area contributed by atoms with E-state index in [0.29, 0.717) is 11.8 Å². The van der Waals surface area contributed by atoms with E-state index in [1.54, 1.807) is 12.1 Å². The van der Waals surface area contributed by atoms with Crippen molar-refractivity contribution in [3.63, 3.8) is 0 Å². The van der Waals surface area contributed by atoms with E-state index >= 15 is 0 Å². The number of hydrogen-bond acceptors (Lipinski definition) is 5. The van der Waals surface area contributed by atoms with Gasteiger partial charge in [0.2, 0.25) is 0 Å². The van der Waals surface area contributed by atoms with Crippen molar-refractivity contribution < 1.29 is 8.91 Å². The summed E-state index contributed by atoms with van der Waals surface area (Å²) in [7, 11) is 0. The van der Waals surface area contributed by atoms with Gasteiger partial charge in [0.05, 0.1) is 5.02 Å². The molecule has 1 unspecified atom stereocenters. The van der Waals surface area contributed by atoms with E-state index in [1.165, 1.54) is 6.07 Å². The predicted molar refractivity (Wildman–Crippen MR) is 84.0 cm³/mol. The smallest absolute Gasteiger partial charge is 0.321 e. The molecule has 1 atom stereocenters. The summed E-state index contributed by atoms with van der Waals surface area (Å²) in [6.45, 7) is 5.68. The molecule has 1 aromatic heterocycles. The highest BCUT2D eigenvalue weighted by molar-refractivity contribution is 6.31. The third-order valence-electron chi connectivity index (χ3n) is 3.74. The van der Waals surface area contributed by atoms with Crippen LogP contribution in [0.5, 0.6) is 0 Å². The van der Waals surface area contributed by atoms with Crippen LogP contribution in [0.15, 0.2) is 22.7 Å². The molecule has 0 spiro atoms. The van der Waals surface area contributed by atoms with E-state index in [2.05, 4.69) is 20.4 Å². The van der Waals surface area contributed by atoms with Gasteiger partial charge in [-0.2, -0.15) is 4.98 Å². The number of nitrogens with one attached hydrogen (secondary N) is 1. The molecule has 7 heteroatoms. The van der Waals surface area contributed by atoms with Gasteiger partial charge in [-0.3, -0.25) is 0 Å². The second-order valence-electron chi connectivity index (χ2n) is 5.79. The highest BCUT2D eigenvalue weighted by Crippen LogP contribution is 2.26. The van der Waals surface area contributed by atoms with Gasteiger partial charge in [0.25, 0.3) is 0 Å². The lowest BCUT2D eigenvalue weighted by atomic mass is 10.2. The molecule has 2 aromatic rings. The first-order valence-electron chi connectivity index (χ1n) is 7.33. The topological polar surface area (TPSA) is 54.2 Å². The van der Waals surface area contributed by atoms with Crippen molar-refractivity contribution >= 4 is 23.3 Å². The minimum atomic E-state index is -0.397. The summed E-state index contributed by atoms with van der Waals surface area (Å²) >= 11 is 5.84. The van der Waals surface area contributed by atoms with E-state index < -0.39 is 5.82 Å².